The Hall–Kier alpha value is -0.680. The first-order chi connectivity index (χ1) is 8.09. The number of rotatable bonds is 2. The van der Waals surface area contributed by atoms with Gasteiger partial charge in [-0.1, -0.05) is 15.9 Å². The first-order valence-electron chi connectivity index (χ1n) is 5.58. The second kappa shape index (κ2) is 5.31. The molecule has 1 aromatic carbocycles. The predicted molar refractivity (Wildman–Crippen MR) is 79.3 cm³/mol. The Balaban J connectivity index is 2.41. The quantitative estimate of drug-likeness (QED) is 0.652. The molecule has 2 rings (SSSR count). The minimum Gasteiger partial charge on any atom is -0.384 e. The van der Waals surface area contributed by atoms with Crippen LogP contribution in [0.3, 0.4) is 0 Å². The van der Waals surface area contributed by atoms with Crippen LogP contribution in [0.25, 0.3) is 0 Å². The maximum atomic E-state index is 7.66. The number of nitrogens with one attached hydrogen (secondary N) is 1. The maximum absolute atomic E-state index is 7.66. The number of benzene rings is 1. The lowest BCUT2D eigenvalue weighted by atomic mass is 10.1. The van der Waals surface area contributed by atoms with Gasteiger partial charge < -0.3 is 10.6 Å². The van der Waals surface area contributed by atoms with Crippen LogP contribution < -0.4 is 10.6 Å². The maximum Gasteiger partial charge on any atom is 0.124 e. The number of nitrogen functional groups attached to an aromatic ring is 1. The number of anilines is 1. The molecule has 0 aliphatic carbocycles. The van der Waals surface area contributed by atoms with E-state index < -0.39 is 0 Å². The fourth-order valence-electron chi connectivity index (χ4n) is 2.06. The summed E-state index contributed by atoms with van der Waals surface area (Å²) in [5, 5.41) is 7.66. The smallest absolute Gasteiger partial charge is 0.124 e. The molecule has 17 heavy (non-hydrogen) atoms. The van der Waals surface area contributed by atoms with Crippen molar-refractivity contribution in [3.8, 4) is 0 Å². The Kier molecular flexibility index (Phi) is 3.99. The molecule has 0 aromatic heterocycles. The number of nitrogens with zero attached hydrogens (tertiary/aromatic N) is 1. The van der Waals surface area contributed by atoms with E-state index in [4.69, 9.17) is 11.1 Å². The molecule has 1 fully saturated rings. The van der Waals surface area contributed by atoms with Crippen LogP contribution >= 0.6 is 27.7 Å². The van der Waals surface area contributed by atoms with Gasteiger partial charge in [0.15, 0.2) is 0 Å². The lowest BCUT2D eigenvalue weighted by molar-refractivity contribution is 0.699. The zero-order valence-corrected chi connectivity index (χ0v) is 12.1. The zero-order valence-electron chi connectivity index (χ0n) is 9.74. The van der Waals surface area contributed by atoms with Gasteiger partial charge in [-0.15, -0.1) is 0 Å². The van der Waals surface area contributed by atoms with Gasteiger partial charge >= 0.3 is 0 Å². The molecule has 0 radical (unpaired) electrons. The molecule has 1 aromatic rings. The van der Waals surface area contributed by atoms with E-state index in [0.717, 1.165) is 33.8 Å². The second-order valence-corrected chi connectivity index (χ2v) is 6.26. The number of halogens is 1. The van der Waals surface area contributed by atoms with Crippen LogP contribution in [0.4, 0.5) is 5.69 Å². The van der Waals surface area contributed by atoms with Gasteiger partial charge in [0.2, 0.25) is 0 Å². The standard InChI is InChI=1S/C12H16BrN3S/c1-8-7-17-5-4-16(8)11-6-9(13)2-3-10(11)12(14)15/h2-3,6,8H,4-5,7H2,1H3,(H3,14,15). The number of hydrogen-bond donors (Lipinski definition) is 2. The Bertz CT molecular complexity index is 436. The molecule has 3 N–H and O–H groups in total. The van der Waals surface area contributed by atoms with Crippen molar-refractivity contribution in [3.05, 3.63) is 28.2 Å². The predicted octanol–water partition coefficient (Wildman–Crippen LogP) is 2.67. The Morgan fingerprint density at radius 3 is 3.00 bits per heavy atom. The molecule has 1 aliphatic rings. The second-order valence-electron chi connectivity index (χ2n) is 4.19. The zero-order chi connectivity index (χ0) is 12.4. The van der Waals surface area contributed by atoms with Gasteiger partial charge in [0.1, 0.15) is 5.84 Å². The normalized spacial score (nSPS) is 20.4. The average Bonchev–Trinajstić information content (AvgIpc) is 2.29. The first-order valence-corrected chi connectivity index (χ1v) is 7.52. The van der Waals surface area contributed by atoms with Crippen LogP contribution in [-0.2, 0) is 0 Å². The van der Waals surface area contributed by atoms with E-state index in [9.17, 15) is 0 Å². The van der Waals surface area contributed by atoms with Crippen LogP contribution in [0.2, 0.25) is 0 Å². The van der Waals surface area contributed by atoms with Gasteiger partial charge in [-0.2, -0.15) is 11.8 Å². The molecule has 0 spiro atoms. The van der Waals surface area contributed by atoms with Crippen molar-refractivity contribution in [2.45, 2.75) is 13.0 Å². The van der Waals surface area contributed by atoms with Crippen molar-refractivity contribution in [1.29, 1.82) is 5.41 Å². The summed E-state index contributed by atoms with van der Waals surface area (Å²) in [6.45, 7) is 3.24. The minimum atomic E-state index is 0.137. The Morgan fingerprint density at radius 2 is 2.35 bits per heavy atom. The third-order valence-electron chi connectivity index (χ3n) is 2.93. The lowest BCUT2D eigenvalue weighted by Crippen LogP contribution is -2.41. The first kappa shape index (κ1) is 12.8. The number of amidine groups is 1. The largest absolute Gasteiger partial charge is 0.384 e. The highest BCUT2D eigenvalue weighted by molar-refractivity contribution is 9.10. The molecule has 0 bridgehead atoms. The molecule has 5 heteroatoms. The van der Waals surface area contributed by atoms with Crippen LogP contribution in [0.1, 0.15) is 12.5 Å². The summed E-state index contributed by atoms with van der Waals surface area (Å²) < 4.78 is 1.03. The number of nitrogens with two attached hydrogens (primary N) is 1. The van der Waals surface area contributed by atoms with Gasteiger partial charge in [-0.3, -0.25) is 5.41 Å². The van der Waals surface area contributed by atoms with Gasteiger partial charge in [0.05, 0.1) is 0 Å². The van der Waals surface area contributed by atoms with E-state index in [1.54, 1.807) is 0 Å². The van der Waals surface area contributed by atoms with E-state index in [1.807, 2.05) is 23.9 Å². The summed E-state index contributed by atoms with van der Waals surface area (Å²) in [6.07, 6.45) is 0. The molecule has 1 saturated heterocycles. The van der Waals surface area contributed by atoms with Crippen molar-refractivity contribution in [2.24, 2.45) is 5.73 Å². The third kappa shape index (κ3) is 2.77. The summed E-state index contributed by atoms with van der Waals surface area (Å²) in [6, 6.07) is 6.39. The molecule has 3 nitrogen and oxygen atoms in total. The fourth-order valence-corrected chi connectivity index (χ4v) is 3.42. The number of hydrogen-bond acceptors (Lipinski definition) is 3. The molecule has 1 atom stereocenters. The Morgan fingerprint density at radius 1 is 1.59 bits per heavy atom. The molecule has 1 aliphatic heterocycles. The van der Waals surface area contributed by atoms with Crippen LogP contribution in [-0.4, -0.2) is 29.9 Å². The molecule has 0 amide bonds. The van der Waals surface area contributed by atoms with E-state index in [1.165, 1.54) is 0 Å². The van der Waals surface area contributed by atoms with Crippen LogP contribution in [0.15, 0.2) is 22.7 Å². The van der Waals surface area contributed by atoms with E-state index >= 15 is 0 Å². The lowest BCUT2D eigenvalue weighted by Gasteiger charge is -2.36. The summed E-state index contributed by atoms with van der Waals surface area (Å²) in [7, 11) is 0. The molecule has 1 unspecified atom stereocenters. The average molecular weight is 314 g/mol. The fraction of sp³-hybridized carbons (Fsp3) is 0.417. The van der Waals surface area contributed by atoms with Crippen molar-refractivity contribution < 1.29 is 0 Å². The van der Waals surface area contributed by atoms with E-state index in [0.29, 0.717) is 6.04 Å². The molecule has 0 saturated carbocycles. The van der Waals surface area contributed by atoms with Crippen molar-refractivity contribution in [2.75, 3.05) is 23.0 Å². The summed E-state index contributed by atoms with van der Waals surface area (Å²) in [5.74, 6) is 2.40. The highest BCUT2D eigenvalue weighted by Crippen LogP contribution is 2.29. The minimum absolute atomic E-state index is 0.137. The summed E-state index contributed by atoms with van der Waals surface area (Å²) >= 11 is 5.47. The molecule has 92 valence electrons. The van der Waals surface area contributed by atoms with E-state index in [-0.39, 0.29) is 5.84 Å². The third-order valence-corrected chi connectivity index (χ3v) is 4.61. The highest BCUT2D eigenvalue weighted by atomic mass is 79.9. The van der Waals surface area contributed by atoms with Crippen molar-refractivity contribution in [3.63, 3.8) is 0 Å². The number of thioether (sulfide) groups is 1. The molecular weight excluding hydrogens is 298 g/mol. The van der Waals surface area contributed by atoms with Gasteiger partial charge in [-0.05, 0) is 25.1 Å². The highest BCUT2D eigenvalue weighted by Gasteiger charge is 2.22. The SMILES string of the molecule is CC1CSCCN1c1cc(Br)ccc1C(=N)N. The van der Waals surface area contributed by atoms with Gasteiger partial charge in [-0.25, -0.2) is 0 Å². The molecular formula is C12H16BrN3S. The topological polar surface area (TPSA) is 53.1 Å². The summed E-state index contributed by atoms with van der Waals surface area (Å²) in [4.78, 5) is 2.35. The monoisotopic (exact) mass is 313 g/mol. The Labute approximate surface area is 114 Å². The molecule has 1 heterocycles. The van der Waals surface area contributed by atoms with Crippen LogP contribution in [0, 0.1) is 5.41 Å². The van der Waals surface area contributed by atoms with Crippen molar-refractivity contribution >= 4 is 39.2 Å². The van der Waals surface area contributed by atoms with E-state index in [2.05, 4.69) is 33.8 Å². The summed E-state index contributed by atoms with van der Waals surface area (Å²) in [5.41, 5.74) is 7.55. The van der Waals surface area contributed by atoms with Crippen molar-refractivity contribution in [1.82, 2.24) is 0 Å². The van der Waals surface area contributed by atoms with Crippen LogP contribution in [0.5, 0.6) is 0 Å². The van der Waals surface area contributed by atoms with Gasteiger partial charge in [0.25, 0.3) is 0 Å². The van der Waals surface area contributed by atoms with Gasteiger partial charge in [0, 0.05) is 39.8 Å².